The summed E-state index contributed by atoms with van der Waals surface area (Å²) in [5, 5.41) is 13.5. The number of pyridine rings is 1. The molecule has 0 atom stereocenters. The lowest BCUT2D eigenvalue weighted by Gasteiger charge is -2.13. The number of anilines is 1. The molecule has 132 valence electrons. The van der Waals surface area contributed by atoms with Crippen LogP contribution in [0, 0.1) is 25.2 Å². The van der Waals surface area contributed by atoms with Crippen LogP contribution in [0.2, 0.25) is 0 Å². The molecule has 0 aliphatic rings. The van der Waals surface area contributed by atoms with Crippen LogP contribution in [-0.2, 0) is 11.1 Å². The summed E-state index contributed by atoms with van der Waals surface area (Å²) >= 11 is 0. The monoisotopic (exact) mass is 367 g/mol. The molecule has 0 radical (unpaired) electrons. The van der Waals surface area contributed by atoms with E-state index in [0.29, 0.717) is 17.8 Å². The zero-order valence-electron chi connectivity index (χ0n) is 14.4. The minimum atomic E-state index is -4.24. The Balaban J connectivity index is 1.94. The molecule has 0 aliphatic carbocycles. The Morgan fingerprint density at radius 1 is 1.15 bits per heavy atom. The lowest BCUT2D eigenvalue weighted by molar-refractivity contribution is 0.387. The molecule has 0 bridgehead atoms. The highest BCUT2D eigenvalue weighted by molar-refractivity contribution is 7.60. The van der Waals surface area contributed by atoms with E-state index < -0.39 is 7.60 Å². The second-order valence-corrected chi connectivity index (χ2v) is 7.78. The SMILES string of the molecule is Cc1cc2ncc(C#N)c(NCc3ccc(P(=O)(O)O)cc3)c2cc1C. The molecule has 26 heavy (non-hydrogen) atoms. The van der Waals surface area contributed by atoms with Crippen molar-refractivity contribution in [1.82, 2.24) is 4.98 Å². The summed E-state index contributed by atoms with van der Waals surface area (Å²) in [6.07, 6.45) is 1.55. The van der Waals surface area contributed by atoms with Crippen LogP contribution in [0.3, 0.4) is 0 Å². The molecule has 0 amide bonds. The van der Waals surface area contributed by atoms with Gasteiger partial charge in [-0.05, 0) is 54.8 Å². The first-order chi connectivity index (χ1) is 12.3. The van der Waals surface area contributed by atoms with E-state index in [1.807, 2.05) is 26.0 Å². The van der Waals surface area contributed by atoms with Crippen LogP contribution in [0.4, 0.5) is 5.69 Å². The molecular weight excluding hydrogens is 349 g/mol. The minimum Gasteiger partial charge on any atom is -0.379 e. The van der Waals surface area contributed by atoms with Gasteiger partial charge in [-0.15, -0.1) is 0 Å². The second-order valence-electron chi connectivity index (χ2n) is 6.18. The molecule has 3 rings (SSSR count). The summed E-state index contributed by atoms with van der Waals surface area (Å²) in [4.78, 5) is 22.7. The number of nitriles is 1. The molecule has 0 unspecified atom stereocenters. The maximum absolute atomic E-state index is 11.2. The summed E-state index contributed by atoms with van der Waals surface area (Å²) in [5.74, 6) is 0. The minimum absolute atomic E-state index is 0.0144. The topological polar surface area (TPSA) is 106 Å². The van der Waals surface area contributed by atoms with Gasteiger partial charge in [0.1, 0.15) is 6.07 Å². The van der Waals surface area contributed by atoms with Gasteiger partial charge in [-0.3, -0.25) is 9.55 Å². The largest absolute Gasteiger partial charge is 0.379 e. The number of aromatic nitrogens is 1. The summed E-state index contributed by atoms with van der Waals surface area (Å²) in [5.41, 5.74) is 5.07. The lowest BCUT2D eigenvalue weighted by atomic mass is 10.0. The maximum Gasteiger partial charge on any atom is 0.356 e. The van der Waals surface area contributed by atoms with Crippen LogP contribution in [0.5, 0.6) is 0 Å². The number of aryl methyl sites for hydroxylation is 2. The Bertz CT molecular complexity index is 1070. The number of hydrogen-bond donors (Lipinski definition) is 3. The van der Waals surface area contributed by atoms with Crippen molar-refractivity contribution >= 4 is 29.5 Å². The molecule has 6 nitrogen and oxygen atoms in total. The highest BCUT2D eigenvalue weighted by Crippen LogP contribution is 2.33. The predicted molar refractivity (Wildman–Crippen MR) is 101 cm³/mol. The summed E-state index contributed by atoms with van der Waals surface area (Å²) in [7, 11) is -4.24. The summed E-state index contributed by atoms with van der Waals surface area (Å²) < 4.78 is 11.2. The molecule has 0 saturated carbocycles. The molecule has 3 aromatic rings. The molecule has 3 N–H and O–H groups in total. The van der Waals surface area contributed by atoms with Gasteiger partial charge in [0, 0.05) is 18.1 Å². The van der Waals surface area contributed by atoms with Crippen LogP contribution >= 0.6 is 7.60 Å². The van der Waals surface area contributed by atoms with E-state index in [4.69, 9.17) is 0 Å². The van der Waals surface area contributed by atoms with Gasteiger partial charge in [0.25, 0.3) is 0 Å². The third kappa shape index (κ3) is 3.61. The molecule has 0 spiro atoms. The normalized spacial score (nSPS) is 11.3. The molecule has 2 aromatic carbocycles. The highest BCUT2D eigenvalue weighted by atomic mass is 31.2. The Labute approximate surface area is 151 Å². The van der Waals surface area contributed by atoms with Crippen LogP contribution in [0.1, 0.15) is 22.3 Å². The first kappa shape index (κ1) is 18.1. The fraction of sp³-hybridized carbons (Fsp3) is 0.158. The van der Waals surface area contributed by atoms with E-state index in [0.717, 1.165) is 27.6 Å². The van der Waals surface area contributed by atoms with Crippen molar-refractivity contribution in [2.24, 2.45) is 0 Å². The molecule has 7 heteroatoms. The standard InChI is InChI=1S/C19H18N3O3P/c1-12-7-17-18(8-13(12)2)21-11-15(9-20)19(17)22-10-14-3-5-16(6-4-14)26(23,24)25/h3-8,11H,10H2,1-2H3,(H,21,22)(H2,23,24,25). The average Bonchev–Trinajstić information content (AvgIpc) is 2.60. The van der Waals surface area contributed by atoms with Gasteiger partial charge in [0.05, 0.1) is 22.1 Å². The third-order valence-corrected chi connectivity index (χ3v) is 5.32. The van der Waals surface area contributed by atoms with E-state index in [-0.39, 0.29) is 5.30 Å². The zero-order valence-corrected chi connectivity index (χ0v) is 15.3. The molecular formula is C19H18N3O3P. The fourth-order valence-corrected chi connectivity index (χ4v) is 3.26. The van der Waals surface area contributed by atoms with Gasteiger partial charge in [0.15, 0.2) is 0 Å². The number of fused-ring (bicyclic) bond motifs is 1. The van der Waals surface area contributed by atoms with E-state index in [2.05, 4.69) is 16.4 Å². The van der Waals surface area contributed by atoms with Crippen molar-refractivity contribution in [2.45, 2.75) is 20.4 Å². The maximum atomic E-state index is 11.2. The van der Waals surface area contributed by atoms with Gasteiger partial charge < -0.3 is 15.1 Å². The van der Waals surface area contributed by atoms with Crippen LogP contribution < -0.4 is 10.6 Å². The smallest absolute Gasteiger partial charge is 0.356 e. The number of hydrogen-bond acceptors (Lipinski definition) is 4. The summed E-state index contributed by atoms with van der Waals surface area (Å²) in [6, 6.07) is 12.3. The highest BCUT2D eigenvalue weighted by Gasteiger charge is 2.16. The molecule has 0 saturated heterocycles. The molecule has 1 heterocycles. The fourth-order valence-electron chi connectivity index (χ4n) is 2.73. The zero-order chi connectivity index (χ0) is 18.9. The van der Waals surface area contributed by atoms with E-state index in [1.54, 1.807) is 18.3 Å². The molecule has 1 aromatic heterocycles. The van der Waals surface area contributed by atoms with Gasteiger partial charge in [-0.1, -0.05) is 12.1 Å². The Morgan fingerprint density at radius 2 is 1.81 bits per heavy atom. The quantitative estimate of drug-likeness (QED) is 0.612. The van der Waals surface area contributed by atoms with Crippen LogP contribution in [-0.4, -0.2) is 14.8 Å². The van der Waals surface area contributed by atoms with E-state index in [9.17, 15) is 19.6 Å². The van der Waals surface area contributed by atoms with Crippen molar-refractivity contribution in [1.29, 1.82) is 5.26 Å². The van der Waals surface area contributed by atoms with Crippen LogP contribution in [0.25, 0.3) is 10.9 Å². The van der Waals surface area contributed by atoms with Gasteiger partial charge >= 0.3 is 7.60 Å². The predicted octanol–water partition coefficient (Wildman–Crippen LogP) is 3.14. The number of rotatable bonds is 4. The van der Waals surface area contributed by atoms with Gasteiger partial charge in [-0.2, -0.15) is 5.26 Å². The Kier molecular flexibility index (Phi) is 4.80. The van der Waals surface area contributed by atoms with E-state index >= 15 is 0 Å². The second kappa shape index (κ2) is 6.89. The van der Waals surface area contributed by atoms with Crippen molar-refractivity contribution in [3.8, 4) is 6.07 Å². The van der Waals surface area contributed by atoms with Crippen molar-refractivity contribution in [2.75, 3.05) is 5.32 Å². The molecule has 0 aliphatic heterocycles. The number of nitrogens with one attached hydrogen (secondary N) is 1. The lowest BCUT2D eigenvalue weighted by Crippen LogP contribution is -2.06. The van der Waals surface area contributed by atoms with Gasteiger partial charge in [0.2, 0.25) is 0 Å². The van der Waals surface area contributed by atoms with Crippen molar-refractivity contribution < 1.29 is 14.4 Å². The number of nitrogens with zero attached hydrogens (tertiary/aromatic N) is 2. The first-order valence-electron chi connectivity index (χ1n) is 7.98. The molecule has 0 fully saturated rings. The Hall–Kier alpha value is -2.71. The third-order valence-electron chi connectivity index (χ3n) is 4.35. The average molecular weight is 367 g/mol. The van der Waals surface area contributed by atoms with E-state index in [1.165, 1.54) is 12.1 Å². The van der Waals surface area contributed by atoms with Crippen LogP contribution in [0.15, 0.2) is 42.6 Å². The van der Waals surface area contributed by atoms with Gasteiger partial charge in [-0.25, -0.2) is 0 Å². The van der Waals surface area contributed by atoms with Crippen molar-refractivity contribution in [3.05, 3.63) is 64.8 Å². The summed E-state index contributed by atoms with van der Waals surface area (Å²) in [6.45, 7) is 4.45. The number of benzene rings is 2. The first-order valence-corrected chi connectivity index (χ1v) is 9.60. The Morgan fingerprint density at radius 3 is 2.42 bits per heavy atom. The van der Waals surface area contributed by atoms with Crippen molar-refractivity contribution in [3.63, 3.8) is 0 Å².